The number of anilines is 2. The lowest BCUT2D eigenvalue weighted by molar-refractivity contribution is -0.127. The fourth-order valence-corrected chi connectivity index (χ4v) is 3.45. The molecule has 0 radical (unpaired) electrons. The van der Waals surface area contributed by atoms with Gasteiger partial charge < -0.3 is 15.1 Å². The van der Waals surface area contributed by atoms with Crippen molar-refractivity contribution >= 4 is 23.6 Å². The van der Waals surface area contributed by atoms with Gasteiger partial charge in [0, 0.05) is 26.7 Å². The maximum Gasteiger partial charge on any atom is 0.325 e. The van der Waals surface area contributed by atoms with Gasteiger partial charge in [-0.25, -0.2) is 9.78 Å². The monoisotopic (exact) mass is 332 g/mol. The second kappa shape index (κ2) is 6.26. The van der Waals surface area contributed by atoms with Crippen LogP contribution in [0.5, 0.6) is 0 Å². The first kappa shape index (κ1) is 16.5. The average molecular weight is 332 g/mol. The first-order valence-electron chi connectivity index (χ1n) is 8.34. The van der Waals surface area contributed by atoms with Gasteiger partial charge in [0.25, 0.3) is 5.91 Å². The Bertz CT molecular complexity index is 639. The number of hydrogen-bond donors (Lipinski definition) is 2. The number of nitrogens with one attached hydrogen (secondary N) is 2. The second-order valence-corrected chi connectivity index (χ2v) is 6.79. The summed E-state index contributed by atoms with van der Waals surface area (Å²) in [7, 11) is 1.80. The van der Waals surface area contributed by atoms with Crippen LogP contribution in [0.4, 0.5) is 16.4 Å². The number of rotatable bonds is 4. The molecule has 0 aliphatic carbocycles. The largest absolute Gasteiger partial charge is 0.372 e. The number of carbonyl (C=O) groups excluding carboxylic acids is 2. The van der Waals surface area contributed by atoms with Crippen molar-refractivity contribution in [2.24, 2.45) is 5.92 Å². The standard InChI is InChI=1S/C16H24N6O2/c1-11(2)10-22-15(24)20-14(23)16(22)4-6-21(7-5-16)13-9-18-8-12(17-3)19-13/h8-9,11H,4-7,10H2,1-3H3,(H,17,19)(H,20,23,24). The van der Waals surface area contributed by atoms with E-state index in [9.17, 15) is 9.59 Å². The van der Waals surface area contributed by atoms with Crippen LogP contribution in [0.3, 0.4) is 0 Å². The summed E-state index contributed by atoms with van der Waals surface area (Å²) in [5.41, 5.74) is -0.716. The maximum absolute atomic E-state index is 12.5. The van der Waals surface area contributed by atoms with Gasteiger partial charge in [0.05, 0.1) is 12.4 Å². The van der Waals surface area contributed by atoms with Gasteiger partial charge in [-0.05, 0) is 18.8 Å². The van der Waals surface area contributed by atoms with Crippen LogP contribution in [-0.2, 0) is 4.79 Å². The minimum absolute atomic E-state index is 0.164. The Balaban J connectivity index is 1.77. The number of urea groups is 1. The molecule has 2 fully saturated rings. The zero-order valence-electron chi connectivity index (χ0n) is 14.4. The molecule has 3 amide bonds. The second-order valence-electron chi connectivity index (χ2n) is 6.79. The van der Waals surface area contributed by atoms with Crippen molar-refractivity contribution in [1.29, 1.82) is 0 Å². The minimum Gasteiger partial charge on any atom is -0.372 e. The molecule has 1 aromatic rings. The number of piperidine rings is 1. The van der Waals surface area contributed by atoms with Crippen molar-refractivity contribution in [3.05, 3.63) is 12.4 Å². The molecule has 1 aromatic heterocycles. The van der Waals surface area contributed by atoms with Crippen LogP contribution in [0.25, 0.3) is 0 Å². The van der Waals surface area contributed by atoms with Crippen molar-refractivity contribution in [1.82, 2.24) is 20.2 Å². The molecule has 130 valence electrons. The Labute approximate surface area is 141 Å². The van der Waals surface area contributed by atoms with Crippen LogP contribution < -0.4 is 15.5 Å². The molecule has 0 bridgehead atoms. The van der Waals surface area contributed by atoms with Crippen LogP contribution in [0.1, 0.15) is 26.7 Å². The quantitative estimate of drug-likeness (QED) is 0.802. The van der Waals surface area contributed by atoms with Crippen LogP contribution in [0.2, 0.25) is 0 Å². The normalized spacial score (nSPS) is 20.0. The highest BCUT2D eigenvalue weighted by Gasteiger charge is 2.54. The Morgan fingerprint density at radius 3 is 2.62 bits per heavy atom. The molecule has 0 aromatic carbocycles. The third kappa shape index (κ3) is 2.76. The Morgan fingerprint density at radius 1 is 1.29 bits per heavy atom. The number of imide groups is 1. The third-order valence-electron chi connectivity index (χ3n) is 4.75. The highest BCUT2D eigenvalue weighted by Crippen LogP contribution is 2.35. The molecule has 3 heterocycles. The van der Waals surface area contributed by atoms with E-state index < -0.39 is 5.54 Å². The van der Waals surface area contributed by atoms with Crippen LogP contribution >= 0.6 is 0 Å². The predicted octanol–water partition coefficient (Wildman–Crippen LogP) is 1.07. The van der Waals surface area contributed by atoms with E-state index in [4.69, 9.17) is 0 Å². The lowest BCUT2D eigenvalue weighted by Gasteiger charge is -2.43. The van der Waals surface area contributed by atoms with E-state index in [1.54, 1.807) is 24.3 Å². The lowest BCUT2D eigenvalue weighted by Crippen LogP contribution is -2.57. The molecule has 8 heteroatoms. The van der Waals surface area contributed by atoms with Crippen molar-refractivity contribution in [3.8, 4) is 0 Å². The zero-order chi connectivity index (χ0) is 17.3. The van der Waals surface area contributed by atoms with Gasteiger partial charge in [0.1, 0.15) is 17.2 Å². The van der Waals surface area contributed by atoms with E-state index in [2.05, 4.69) is 39.3 Å². The van der Waals surface area contributed by atoms with Gasteiger partial charge in [-0.3, -0.25) is 15.1 Å². The highest BCUT2D eigenvalue weighted by molar-refractivity contribution is 6.07. The number of hydrogen-bond acceptors (Lipinski definition) is 6. The minimum atomic E-state index is -0.716. The maximum atomic E-state index is 12.5. The summed E-state index contributed by atoms with van der Waals surface area (Å²) in [4.78, 5) is 37.2. The van der Waals surface area contributed by atoms with Gasteiger partial charge in [-0.1, -0.05) is 13.8 Å². The van der Waals surface area contributed by atoms with Gasteiger partial charge in [-0.2, -0.15) is 0 Å². The first-order chi connectivity index (χ1) is 11.5. The summed E-state index contributed by atoms with van der Waals surface area (Å²) >= 11 is 0. The molecule has 1 spiro atoms. The van der Waals surface area contributed by atoms with Crippen molar-refractivity contribution in [2.45, 2.75) is 32.2 Å². The SMILES string of the molecule is CNc1cncc(N2CCC3(CC2)C(=O)NC(=O)N3CC(C)C)n1. The zero-order valence-corrected chi connectivity index (χ0v) is 14.4. The van der Waals surface area contributed by atoms with E-state index in [0.717, 1.165) is 5.82 Å². The smallest absolute Gasteiger partial charge is 0.325 e. The summed E-state index contributed by atoms with van der Waals surface area (Å²) in [6.45, 7) is 6.02. The Hall–Kier alpha value is -2.38. The first-order valence-corrected chi connectivity index (χ1v) is 8.34. The number of aromatic nitrogens is 2. The highest BCUT2D eigenvalue weighted by atomic mass is 16.2. The van der Waals surface area contributed by atoms with Crippen LogP contribution in [-0.4, -0.2) is 59.0 Å². The van der Waals surface area contributed by atoms with E-state index in [1.165, 1.54) is 0 Å². The van der Waals surface area contributed by atoms with E-state index >= 15 is 0 Å². The molecule has 2 N–H and O–H groups in total. The van der Waals surface area contributed by atoms with E-state index in [1.807, 2.05) is 0 Å². The van der Waals surface area contributed by atoms with Crippen LogP contribution in [0, 0.1) is 5.92 Å². The summed E-state index contributed by atoms with van der Waals surface area (Å²) in [5.74, 6) is 1.65. The van der Waals surface area contributed by atoms with Crippen LogP contribution in [0.15, 0.2) is 12.4 Å². The molecule has 8 nitrogen and oxygen atoms in total. The fourth-order valence-electron chi connectivity index (χ4n) is 3.45. The molecular weight excluding hydrogens is 308 g/mol. The Kier molecular flexibility index (Phi) is 4.29. The molecule has 0 saturated carbocycles. The number of amides is 3. The summed E-state index contributed by atoms with van der Waals surface area (Å²) in [6.07, 6.45) is 4.60. The molecule has 0 unspecified atom stereocenters. The van der Waals surface area contributed by atoms with Gasteiger partial charge >= 0.3 is 6.03 Å². The Morgan fingerprint density at radius 2 is 2.00 bits per heavy atom. The van der Waals surface area contributed by atoms with Crippen molar-refractivity contribution in [3.63, 3.8) is 0 Å². The van der Waals surface area contributed by atoms with E-state index in [-0.39, 0.29) is 11.9 Å². The number of nitrogens with zero attached hydrogens (tertiary/aromatic N) is 4. The topological polar surface area (TPSA) is 90.5 Å². The molecule has 24 heavy (non-hydrogen) atoms. The van der Waals surface area contributed by atoms with E-state index in [0.29, 0.717) is 44.2 Å². The molecular formula is C16H24N6O2. The molecule has 3 rings (SSSR count). The molecule has 0 atom stereocenters. The van der Waals surface area contributed by atoms with Gasteiger partial charge in [-0.15, -0.1) is 0 Å². The molecule has 2 aliphatic rings. The summed E-state index contributed by atoms with van der Waals surface area (Å²) in [6, 6.07) is -0.265. The van der Waals surface area contributed by atoms with Crippen molar-refractivity contribution < 1.29 is 9.59 Å². The summed E-state index contributed by atoms with van der Waals surface area (Å²) < 4.78 is 0. The lowest BCUT2D eigenvalue weighted by atomic mass is 9.85. The van der Waals surface area contributed by atoms with Crippen molar-refractivity contribution in [2.75, 3.05) is 36.9 Å². The van der Waals surface area contributed by atoms with Gasteiger partial charge in [0.2, 0.25) is 0 Å². The molecule has 2 saturated heterocycles. The molecule has 2 aliphatic heterocycles. The predicted molar refractivity (Wildman–Crippen MR) is 90.8 cm³/mol. The average Bonchev–Trinajstić information content (AvgIpc) is 2.79. The number of carbonyl (C=O) groups is 2. The van der Waals surface area contributed by atoms with Gasteiger partial charge in [0.15, 0.2) is 0 Å². The third-order valence-corrected chi connectivity index (χ3v) is 4.75. The fraction of sp³-hybridized carbons (Fsp3) is 0.625. The summed E-state index contributed by atoms with van der Waals surface area (Å²) in [5, 5.41) is 5.48.